The molecule has 0 saturated carbocycles. The van der Waals surface area contributed by atoms with Crippen LogP contribution in [0.3, 0.4) is 0 Å². The summed E-state index contributed by atoms with van der Waals surface area (Å²) >= 11 is 0. The molecule has 0 bridgehead atoms. The maximum atomic E-state index is 14.1. The van der Waals surface area contributed by atoms with Crippen molar-refractivity contribution in [1.82, 2.24) is 14.5 Å². The van der Waals surface area contributed by atoms with Crippen LogP contribution in [0.5, 0.6) is 0 Å². The van der Waals surface area contributed by atoms with Crippen molar-refractivity contribution in [1.29, 1.82) is 0 Å². The second kappa shape index (κ2) is 6.43. The van der Waals surface area contributed by atoms with E-state index in [4.69, 9.17) is 0 Å². The Labute approximate surface area is 144 Å². The first-order valence-electron chi connectivity index (χ1n) is 8.34. The molecule has 2 aromatic heterocycles. The zero-order chi connectivity index (χ0) is 18.3. The molecular formula is C19H21F2N3O. The highest BCUT2D eigenvalue weighted by Gasteiger charge is 2.16. The number of hydrogen-bond acceptors (Lipinski definition) is 2. The summed E-state index contributed by atoms with van der Waals surface area (Å²) in [5.74, 6) is -0.627. The van der Waals surface area contributed by atoms with E-state index in [0.29, 0.717) is 17.5 Å². The Hall–Kier alpha value is -2.50. The molecule has 3 rings (SSSR count). The second-order valence-electron chi connectivity index (χ2n) is 6.90. The van der Waals surface area contributed by atoms with Crippen molar-refractivity contribution in [3.05, 3.63) is 63.5 Å². The fraction of sp³-hybridized carbons (Fsp3) is 0.368. The topological polar surface area (TPSA) is 50.7 Å². The van der Waals surface area contributed by atoms with Crippen LogP contribution in [0.1, 0.15) is 56.6 Å². The van der Waals surface area contributed by atoms with E-state index in [-0.39, 0.29) is 17.4 Å². The SMILES string of the molecule is CC(C)c1cn(Cc2cc(=O)[nH]c3c(F)c(F)ccc23)c(C(C)C)n1. The number of benzene rings is 1. The number of aromatic nitrogens is 3. The normalized spacial score (nSPS) is 11.8. The molecule has 0 amide bonds. The van der Waals surface area contributed by atoms with E-state index in [0.717, 1.165) is 17.6 Å². The Balaban J connectivity index is 2.16. The molecule has 6 heteroatoms. The zero-order valence-corrected chi connectivity index (χ0v) is 14.7. The predicted molar refractivity (Wildman–Crippen MR) is 94.0 cm³/mol. The summed E-state index contributed by atoms with van der Waals surface area (Å²) < 4.78 is 29.5. The number of fused-ring (bicyclic) bond motifs is 1. The Morgan fingerprint density at radius 2 is 1.88 bits per heavy atom. The van der Waals surface area contributed by atoms with Crippen molar-refractivity contribution in [2.24, 2.45) is 0 Å². The van der Waals surface area contributed by atoms with Crippen molar-refractivity contribution in [3.8, 4) is 0 Å². The fourth-order valence-corrected chi connectivity index (χ4v) is 2.97. The van der Waals surface area contributed by atoms with Gasteiger partial charge in [-0.1, -0.05) is 27.7 Å². The summed E-state index contributed by atoms with van der Waals surface area (Å²) in [5, 5.41) is 0.494. The second-order valence-corrected chi connectivity index (χ2v) is 6.90. The van der Waals surface area contributed by atoms with Crippen LogP contribution in [0, 0.1) is 11.6 Å². The van der Waals surface area contributed by atoms with Crippen LogP contribution in [-0.2, 0) is 6.54 Å². The fourth-order valence-electron chi connectivity index (χ4n) is 2.97. The lowest BCUT2D eigenvalue weighted by Gasteiger charge is -2.12. The molecule has 0 spiro atoms. The molecule has 0 atom stereocenters. The Kier molecular flexibility index (Phi) is 4.45. The summed E-state index contributed by atoms with van der Waals surface area (Å²) in [5.41, 5.74) is 1.04. The molecule has 25 heavy (non-hydrogen) atoms. The third-order valence-electron chi connectivity index (χ3n) is 4.27. The number of nitrogens with one attached hydrogen (secondary N) is 1. The maximum absolute atomic E-state index is 14.1. The van der Waals surface area contributed by atoms with Crippen LogP contribution in [0.4, 0.5) is 8.78 Å². The number of H-pyrrole nitrogens is 1. The van der Waals surface area contributed by atoms with E-state index < -0.39 is 17.2 Å². The van der Waals surface area contributed by atoms with Gasteiger partial charge in [0, 0.05) is 30.1 Å². The molecule has 0 aliphatic rings. The number of rotatable bonds is 4. The molecule has 1 aromatic carbocycles. The van der Waals surface area contributed by atoms with Gasteiger partial charge in [0.2, 0.25) is 5.56 Å². The summed E-state index contributed by atoms with van der Waals surface area (Å²) in [4.78, 5) is 19.0. The first-order chi connectivity index (χ1) is 11.8. The molecule has 1 N–H and O–H groups in total. The Bertz CT molecular complexity index is 986. The lowest BCUT2D eigenvalue weighted by molar-refractivity contribution is 0.515. The number of aromatic amines is 1. The lowest BCUT2D eigenvalue weighted by Crippen LogP contribution is -2.12. The number of pyridine rings is 1. The molecule has 0 aliphatic carbocycles. The summed E-state index contributed by atoms with van der Waals surface area (Å²) in [6.07, 6.45) is 1.97. The molecule has 0 fully saturated rings. The molecule has 0 radical (unpaired) electrons. The first kappa shape index (κ1) is 17.3. The van der Waals surface area contributed by atoms with Gasteiger partial charge in [-0.3, -0.25) is 4.79 Å². The van der Waals surface area contributed by atoms with Gasteiger partial charge in [0.25, 0.3) is 0 Å². The largest absolute Gasteiger partial charge is 0.330 e. The highest BCUT2D eigenvalue weighted by molar-refractivity contribution is 5.82. The smallest absolute Gasteiger partial charge is 0.248 e. The van der Waals surface area contributed by atoms with Crippen molar-refractivity contribution < 1.29 is 8.78 Å². The van der Waals surface area contributed by atoms with E-state index >= 15 is 0 Å². The average molecular weight is 345 g/mol. The van der Waals surface area contributed by atoms with Crippen LogP contribution < -0.4 is 5.56 Å². The van der Waals surface area contributed by atoms with Gasteiger partial charge in [0.15, 0.2) is 11.6 Å². The van der Waals surface area contributed by atoms with Gasteiger partial charge in [0.1, 0.15) is 5.82 Å². The van der Waals surface area contributed by atoms with Crippen molar-refractivity contribution in [2.75, 3.05) is 0 Å². The molecule has 4 nitrogen and oxygen atoms in total. The Morgan fingerprint density at radius 1 is 1.16 bits per heavy atom. The van der Waals surface area contributed by atoms with E-state index in [1.54, 1.807) is 0 Å². The molecule has 2 heterocycles. The van der Waals surface area contributed by atoms with E-state index in [1.165, 1.54) is 12.1 Å². The van der Waals surface area contributed by atoms with Gasteiger partial charge in [0.05, 0.1) is 11.2 Å². The van der Waals surface area contributed by atoms with Crippen LogP contribution in [-0.4, -0.2) is 14.5 Å². The van der Waals surface area contributed by atoms with Gasteiger partial charge < -0.3 is 9.55 Å². The molecular weight excluding hydrogens is 324 g/mol. The minimum absolute atomic E-state index is 0.0993. The number of nitrogens with zero attached hydrogens (tertiary/aromatic N) is 2. The minimum atomic E-state index is -1.03. The van der Waals surface area contributed by atoms with Gasteiger partial charge in [-0.25, -0.2) is 13.8 Å². The standard InChI is InChI=1S/C19H21F2N3O/c1-10(2)15-9-24(19(22-15)11(3)4)8-12-7-16(25)23-18-13(12)5-6-14(20)17(18)21/h5-7,9-11H,8H2,1-4H3,(H,23,25). The predicted octanol–water partition coefficient (Wildman–Crippen LogP) is 4.30. The average Bonchev–Trinajstić information content (AvgIpc) is 2.96. The molecule has 0 aliphatic heterocycles. The summed E-state index contributed by atoms with van der Waals surface area (Å²) in [7, 11) is 0. The van der Waals surface area contributed by atoms with Crippen LogP contribution >= 0.6 is 0 Å². The number of hydrogen-bond donors (Lipinski definition) is 1. The number of imidazole rings is 1. The molecule has 132 valence electrons. The van der Waals surface area contributed by atoms with Crippen molar-refractivity contribution >= 4 is 10.9 Å². The maximum Gasteiger partial charge on any atom is 0.248 e. The highest BCUT2D eigenvalue weighted by Crippen LogP contribution is 2.24. The third-order valence-corrected chi connectivity index (χ3v) is 4.27. The minimum Gasteiger partial charge on any atom is -0.330 e. The van der Waals surface area contributed by atoms with Crippen molar-refractivity contribution in [3.63, 3.8) is 0 Å². The summed E-state index contributed by atoms with van der Waals surface area (Å²) in [6, 6.07) is 4.00. The van der Waals surface area contributed by atoms with E-state index in [1.807, 2.05) is 24.6 Å². The van der Waals surface area contributed by atoms with E-state index in [9.17, 15) is 13.6 Å². The van der Waals surface area contributed by atoms with Gasteiger partial charge in [-0.2, -0.15) is 0 Å². The van der Waals surface area contributed by atoms with Crippen LogP contribution in [0.25, 0.3) is 10.9 Å². The Morgan fingerprint density at radius 3 is 2.52 bits per heavy atom. The quantitative estimate of drug-likeness (QED) is 0.766. The zero-order valence-electron chi connectivity index (χ0n) is 14.7. The van der Waals surface area contributed by atoms with Gasteiger partial charge in [-0.05, 0) is 23.6 Å². The number of halogens is 2. The third kappa shape index (κ3) is 3.21. The summed E-state index contributed by atoms with van der Waals surface area (Å²) in [6.45, 7) is 8.61. The lowest BCUT2D eigenvalue weighted by atomic mass is 10.1. The van der Waals surface area contributed by atoms with Gasteiger partial charge >= 0.3 is 0 Å². The molecule has 3 aromatic rings. The monoisotopic (exact) mass is 345 g/mol. The first-order valence-corrected chi connectivity index (χ1v) is 8.34. The molecule has 0 unspecified atom stereocenters. The van der Waals surface area contributed by atoms with Crippen molar-refractivity contribution in [2.45, 2.75) is 46.1 Å². The van der Waals surface area contributed by atoms with E-state index in [2.05, 4.69) is 23.8 Å². The van der Waals surface area contributed by atoms with Gasteiger partial charge in [-0.15, -0.1) is 0 Å². The highest BCUT2D eigenvalue weighted by atomic mass is 19.2. The van der Waals surface area contributed by atoms with Crippen LogP contribution in [0.15, 0.2) is 29.2 Å². The molecule has 0 saturated heterocycles. The van der Waals surface area contributed by atoms with Crippen LogP contribution in [0.2, 0.25) is 0 Å².